The van der Waals surface area contributed by atoms with E-state index in [1.807, 2.05) is 12.1 Å². The molecule has 21 heavy (non-hydrogen) atoms. The summed E-state index contributed by atoms with van der Waals surface area (Å²) in [7, 11) is 3.39. The lowest BCUT2D eigenvalue weighted by Crippen LogP contribution is -2.45. The lowest BCUT2D eigenvalue weighted by Gasteiger charge is -2.33. The maximum atomic E-state index is 5.74. The average Bonchev–Trinajstić information content (AvgIpc) is 3.00. The second kappa shape index (κ2) is 5.83. The van der Waals surface area contributed by atoms with Crippen molar-refractivity contribution >= 4 is 5.69 Å². The fraction of sp³-hybridized carbons (Fsp3) is 0.625. The number of hydrogen-bond donors (Lipinski definition) is 0. The molecule has 5 nitrogen and oxygen atoms in total. The number of benzene rings is 1. The molecule has 2 aliphatic rings. The van der Waals surface area contributed by atoms with Gasteiger partial charge in [-0.25, -0.2) is 9.78 Å². The summed E-state index contributed by atoms with van der Waals surface area (Å²) in [6.07, 6.45) is 2.04. The maximum Gasteiger partial charge on any atom is 0.178 e. The van der Waals surface area contributed by atoms with Crippen LogP contribution in [0.25, 0.3) is 0 Å². The number of rotatable bonds is 5. The van der Waals surface area contributed by atoms with E-state index in [9.17, 15) is 0 Å². The van der Waals surface area contributed by atoms with Crippen LogP contribution in [0.15, 0.2) is 24.3 Å². The van der Waals surface area contributed by atoms with Crippen molar-refractivity contribution in [3.63, 3.8) is 0 Å². The number of nitrogens with zero attached hydrogens (tertiary/aromatic N) is 1. The molecule has 0 aliphatic carbocycles. The summed E-state index contributed by atoms with van der Waals surface area (Å²) < 4.78 is 10.4. The molecule has 0 aromatic heterocycles. The Hall–Kier alpha value is -1.30. The molecule has 0 radical (unpaired) electrons. The van der Waals surface area contributed by atoms with Crippen LogP contribution in [0.1, 0.15) is 19.8 Å². The molecule has 3 atom stereocenters. The molecule has 2 fully saturated rings. The molecule has 0 amide bonds. The molecule has 0 unspecified atom stereocenters. The van der Waals surface area contributed by atoms with Crippen LogP contribution >= 0.6 is 0 Å². The molecule has 1 aromatic rings. The Kier molecular flexibility index (Phi) is 4.06. The zero-order valence-electron chi connectivity index (χ0n) is 12.9. The van der Waals surface area contributed by atoms with Crippen LogP contribution in [0.4, 0.5) is 5.69 Å². The minimum Gasteiger partial charge on any atom is -0.497 e. The monoisotopic (exact) mass is 293 g/mol. The summed E-state index contributed by atoms with van der Waals surface area (Å²) in [6, 6.07) is 8.09. The van der Waals surface area contributed by atoms with E-state index in [4.69, 9.17) is 19.2 Å². The van der Waals surface area contributed by atoms with E-state index in [2.05, 4.69) is 24.0 Å². The Labute approximate surface area is 125 Å². The van der Waals surface area contributed by atoms with Crippen molar-refractivity contribution in [2.45, 2.75) is 31.6 Å². The van der Waals surface area contributed by atoms with Gasteiger partial charge in [0.2, 0.25) is 0 Å². The lowest BCUT2D eigenvalue weighted by atomic mass is 9.91. The van der Waals surface area contributed by atoms with Crippen molar-refractivity contribution in [3.05, 3.63) is 24.3 Å². The Morgan fingerprint density at radius 2 is 2.05 bits per heavy atom. The Bertz CT molecular complexity index is 478. The van der Waals surface area contributed by atoms with Gasteiger partial charge in [0, 0.05) is 38.3 Å². The van der Waals surface area contributed by atoms with Gasteiger partial charge < -0.3 is 14.4 Å². The van der Waals surface area contributed by atoms with Crippen LogP contribution in [-0.4, -0.2) is 39.2 Å². The summed E-state index contributed by atoms with van der Waals surface area (Å²) in [4.78, 5) is 13.6. The number of ether oxygens (including phenoxy) is 2. The summed E-state index contributed by atoms with van der Waals surface area (Å²) in [5.41, 5.74) is 0.740. The molecule has 1 aromatic carbocycles. The van der Waals surface area contributed by atoms with E-state index in [-0.39, 0.29) is 6.10 Å². The number of hydrogen-bond acceptors (Lipinski definition) is 5. The number of methoxy groups -OCH3 is 2. The Morgan fingerprint density at radius 3 is 2.71 bits per heavy atom. The van der Waals surface area contributed by atoms with Crippen LogP contribution in [-0.2, 0) is 14.5 Å². The topological polar surface area (TPSA) is 40.2 Å². The SMILES string of the molecule is COCC[C@@H]1OO[C@]2(C)[C@H]1CCN2c1ccc(OC)cc1. The fourth-order valence-electron chi connectivity index (χ4n) is 3.45. The van der Waals surface area contributed by atoms with Crippen LogP contribution in [0.5, 0.6) is 5.75 Å². The third kappa shape index (κ3) is 2.50. The first kappa shape index (κ1) is 14.6. The first-order chi connectivity index (χ1) is 10.2. The molecule has 116 valence electrons. The predicted octanol–water partition coefficient (Wildman–Crippen LogP) is 2.60. The second-order valence-corrected chi connectivity index (χ2v) is 5.80. The molecule has 0 N–H and O–H groups in total. The molecule has 3 rings (SSSR count). The van der Waals surface area contributed by atoms with Crippen LogP contribution in [0.3, 0.4) is 0 Å². The van der Waals surface area contributed by atoms with Gasteiger partial charge in [-0.3, -0.25) is 0 Å². The Balaban J connectivity index is 1.76. The quantitative estimate of drug-likeness (QED) is 0.780. The predicted molar refractivity (Wildman–Crippen MR) is 79.3 cm³/mol. The molecule has 5 heteroatoms. The van der Waals surface area contributed by atoms with Gasteiger partial charge in [-0.05, 0) is 37.6 Å². The van der Waals surface area contributed by atoms with Crippen molar-refractivity contribution in [3.8, 4) is 5.75 Å². The summed E-state index contributed by atoms with van der Waals surface area (Å²) in [5.74, 6) is 1.23. The second-order valence-electron chi connectivity index (χ2n) is 5.80. The van der Waals surface area contributed by atoms with Gasteiger partial charge in [0.1, 0.15) is 11.9 Å². The van der Waals surface area contributed by atoms with E-state index >= 15 is 0 Å². The van der Waals surface area contributed by atoms with Crippen molar-refractivity contribution in [1.29, 1.82) is 0 Å². The first-order valence-electron chi connectivity index (χ1n) is 7.44. The summed E-state index contributed by atoms with van der Waals surface area (Å²) >= 11 is 0. The zero-order chi connectivity index (χ0) is 14.9. The molecule has 2 aliphatic heterocycles. The first-order valence-corrected chi connectivity index (χ1v) is 7.44. The van der Waals surface area contributed by atoms with E-state index in [0.29, 0.717) is 12.5 Å². The van der Waals surface area contributed by atoms with Crippen molar-refractivity contribution in [1.82, 2.24) is 0 Å². The van der Waals surface area contributed by atoms with E-state index in [1.165, 1.54) is 0 Å². The van der Waals surface area contributed by atoms with Crippen LogP contribution in [0.2, 0.25) is 0 Å². The summed E-state index contributed by atoms with van der Waals surface area (Å²) in [6.45, 7) is 3.78. The van der Waals surface area contributed by atoms with E-state index in [1.54, 1.807) is 14.2 Å². The standard InChI is InChI=1S/C16H23NO4/c1-16-14(15(20-21-16)9-11-18-2)8-10-17(16)12-4-6-13(19-3)7-5-12/h4-7,14-15H,8-11H2,1-3H3/t14-,15-,16+/m0/s1. The molecule has 0 saturated carbocycles. The van der Waals surface area contributed by atoms with Crippen molar-refractivity contribution in [2.75, 3.05) is 32.3 Å². The van der Waals surface area contributed by atoms with Crippen molar-refractivity contribution in [2.24, 2.45) is 5.92 Å². The van der Waals surface area contributed by atoms with Crippen molar-refractivity contribution < 1.29 is 19.2 Å². The van der Waals surface area contributed by atoms with E-state index < -0.39 is 5.72 Å². The fourth-order valence-corrected chi connectivity index (χ4v) is 3.45. The third-order valence-corrected chi connectivity index (χ3v) is 4.67. The molecule has 2 heterocycles. The highest BCUT2D eigenvalue weighted by molar-refractivity contribution is 5.52. The zero-order valence-corrected chi connectivity index (χ0v) is 12.9. The largest absolute Gasteiger partial charge is 0.497 e. The van der Waals surface area contributed by atoms with Crippen LogP contribution in [0, 0.1) is 5.92 Å². The Morgan fingerprint density at radius 1 is 1.29 bits per heavy atom. The summed E-state index contributed by atoms with van der Waals surface area (Å²) in [5, 5.41) is 0. The van der Waals surface area contributed by atoms with Gasteiger partial charge in [0.15, 0.2) is 5.72 Å². The lowest BCUT2D eigenvalue weighted by molar-refractivity contribution is -0.322. The molecule has 0 bridgehead atoms. The van der Waals surface area contributed by atoms with Crippen LogP contribution < -0.4 is 9.64 Å². The van der Waals surface area contributed by atoms with Gasteiger partial charge in [-0.2, -0.15) is 0 Å². The number of anilines is 1. The average molecular weight is 293 g/mol. The molecular weight excluding hydrogens is 270 g/mol. The molecular formula is C16H23NO4. The van der Waals surface area contributed by atoms with Gasteiger partial charge in [-0.1, -0.05) is 0 Å². The van der Waals surface area contributed by atoms with E-state index in [0.717, 1.165) is 30.8 Å². The van der Waals surface area contributed by atoms with Gasteiger partial charge >= 0.3 is 0 Å². The minimum absolute atomic E-state index is 0.109. The minimum atomic E-state index is -0.396. The molecule has 0 spiro atoms. The van der Waals surface area contributed by atoms with Gasteiger partial charge in [0.05, 0.1) is 7.11 Å². The normalized spacial score (nSPS) is 31.5. The molecule has 2 saturated heterocycles. The highest BCUT2D eigenvalue weighted by Gasteiger charge is 2.56. The highest BCUT2D eigenvalue weighted by atomic mass is 17.2. The highest BCUT2D eigenvalue weighted by Crippen LogP contribution is 2.47. The van der Waals surface area contributed by atoms with Gasteiger partial charge in [0.25, 0.3) is 0 Å². The smallest absolute Gasteiger partial charge is 0.178 e. The van der Waals surface area contributed by atoms with Gasteiger partial charge in [-0.15, -0.1) is 0 Å². The third-order valence-electron chi connectivity index (χ3n) is 4.67. The number of fused-ring (bicyclic) bond motifs is 1. The maximum absolute atomic E-state index is 5.74.